The molecule has 0 amide bonds. The predicted octanol–water partition coefficient (Wildman–Crippen LogP) is 5.20. The van der Waals surface area contributed by atoms with E-state index in [1.807, 2.05) is 24.3 Å². The standard InChI is InChI=1S/C16H9BrClN3O2/c17-12-9-19-21-15(23-11-4-1-3-10(18)7-11)8-13(20-16(12)21)14-5-2-6-22-14/h1-9H. The first-order chi connectivity index (χ1) is 11.2. The van der Waals surface area contributed by atoms with Gasteiger partial charge in [-0.3, -0.25) is 0 Å². The van der Waals surface area contributed by atoms with Crippen LogP contribution in [0, 0.1) is 0 Å². The third-order valence-electron chi connectivity index (χ3n) is 3.19. The largest absolute Gasteiger partial charge is 0.463 e. The zero-order valence-electron chi connectivity index (χ0n) is 11.6. The van der Waals surface area contributed by atoms with E-state index in [1.54, 1.807) is 35.2 Å². The number of hydrogen-bond acceptors (Lipinski definition) is 4. The molecule has 0 saturated carbocycles. The number of ether oxygens (including phenoxy) is 1. The van der Waals surface area contributed by atoms with Crippen molar-refractivity contribution in [3.63, 3.8) is 0 Å². The molecule has 5 nitrogen and oxygen atoms in total. The Morgan fingerprint density at radius 2 is 2.09 bits per heavy atom. The summed E-state index contributed by atoms with van der Waals surface area (Å²) < 4.78 is 13.7. The van der Waals surface area contributed by atoms with Gasteiger partial charge in [-0.05, 0) is 46.3 Å². The molecule has 0 aliphatic heterocycles. The van der Waals surface area contributed by atoms with Gasteiger partial charge in [0.15, 0.2) is 11.4 Å². The first-order valence-electron chi connectivity index (χ1n) is 6.72. The van der Waals surface area contributed by atoms with Crippen molar-refractivity contribution in [1.29, 1.82) is 0 Å². The second kappa shape index (κ2) is 5.72. The van der Waals surface area contributed by atoms with Crippen molar-refractivity contribution in [1.82, 2.24) is 14.6 Å². The molecule has 4 rings (SSSR count). The maximum absolute atomic E-state index is 6.01. The van der Waals surface area contributed by atoms with Crippen molar-refractivity contribution in [2.24, 2.45) is 0 Å². The SMILES string of the molecule is Clc1cccc(Oc2cc(-c3ccco3)nc3c(Br)cnn23)c1. The zero-order chi connectivity index (χ0) is 15.8. The fourth-order valence-corrected chi connectivity index (χ4v) is 2.71. The van der Waals surface area contributed by atoms with E-state index < -0.39 is 0 Å². The van der Waals surface area contributed by atoms with E-state index in [4.69, 9.17) is 20.8 Å². The van der Waals surface area contributed by atoms with Gasteiger partial charge in [0.25, 0.3) is 0 Å². The normalized spacial score (nSPS) is 11.0. The van der Waals surface area contributed by atoms with Crippen LogP contribution in [0.4, 0.5) is 0 Å². The molecule has 7 heteroatoms. The van der Waals surface area contributed by atoms with Crippen molar-refractivity contribution in [2.45, 2.75) is 0 Å². The molecule has 0 unspecified atom stereocenters. The third-order valence-corrected chi connectivity index (χ3v) is 3.98. The quantitative estimate of drug-likeness (QED) is 0.482. The summed E-state index contributed by atoms with van der Waals surface area (Å²) in [5.41, 5.74) is 1.29. The van der Waals surface area contributed by atoms with Crippen molar-refractivity contribution in [3.05, 3.63) is 64.4 Å². The van der Waals surface area contributed by atoms with Gasteiger partial charge in [0, 0.05) is 11.1 Å². The summed E-state index contributed by atoms with van der Waals surface area (Å²) in [5.74, 6) is 1.77. The smallest absolute Gasteiger partial charge is 0.224 e. The molecule has 3 aromatic heterocycles. The lowest BCUT2D eigenvalue weighted by molar-refractivity contribution is 0.446. The van der Waals surface area contributed by atoms with E-state index in [-0.39, 0.29) is 0 Å². The van der Waals surface area contributed by atoms with Gasteiger partial charge in [0.2, 0.25) is 5.88 Å². The van der Waals surface area contributed by atoms with Gasteiger partial charge in [0.05, 0.1) is 16.9 Å². The highest BCUT2D eigenvalue weighted by molar-refractivity contribution is 9.10. The van der Waals surface area contributed by atoms with Crippen LogP contribution in [0.1, 0.15) is 0 Å². The Hall–Kier alpha value is -2.31. The molecule has 0 spiro atoms. The van der Waals surface area contributed by atoms with E-state index in [1.165, 1.54) is 0 Å². The summed E-state index contributed by atoms with van der Waals surface area (Å²) in [6.45, 7) is 0. The van der Waals surface area contributed by atoms with Gasteiger partial charge in [-0.25, -0.2) is 4.98 Å². The Balaban J connectivity index is 1.87. The van der Waals surface area contributed by atoms with Crippen LogP contribution in [0.25, 0.3) is 17.1 Å². The van der Waals surface area contributed by atoms with E-state index in [0.29, 0.717) is 33.8 Å². The fraction of sp³-hybridized carbons (Fsp3) is 0. The summed E-state index contributed by atoms with van der Waals surface area (Å²) in [6, 6.07) is 12.6. The summed E-state index contributed by atoms with van der Waals surface area (Å²) >= 11 is 9.45. The highest BCUT2D eigenvalue weighted by Gasteiger charge is 2.14. The molecule has 0 bridgehead atoms. The average Bonchev–Trinajstić information content (AvgIpc) is 3.18. The van der Waals surface area contributed by atoms with Crippen molar-refractivity contribution >= 4 is 33.2 Å². The second-order valence-corrected chi connectivity index (χ2v) is 6.04. The topological polar surface area (TPSA) is 52.6 Å². The fourth-order valence-electron chi connectivity index (χ4n) is 2.18. The van der Waals surface area contributed by atoms with Crippen LogP contribution in [0.5, 0.6) is 11.6 Å². The molecular formula is C16H9BrClN3O2. The van der Waals surface area contributed by atoms with Crippen LogP contribution >= 0.6 is 27.5 Å². The summed E-state index contributed by atoms with van der Waals surface area (Å²) in [4.78, 5) is 4.55. The number of rotatable bonds is 3. The van der Waals surface area contributed by atoms with E-state index in [2.05, 4.69) is 26.0 Å². The molecule has 114 valence electrons. The van der Waals surface area contributed by atoms with Gasteiger partial charge in [-0.1, -0.05) is 17.7 Å². The molecule has 0 radical (unpaired) electrons. The van der Waals surface area contributed by atoms with Gasteiger partial charge in [-0.15, -0.1) is 0 Å². The molecular weight excluding hydrogens is 382 g/mol. The Bertz CT molecular complexity index is 982. The molecule has 0 aliphatic carbocycles. The van der Waals surface area contributed by atoms with E-state index in [9.17, 15) is 0 Å². The number of hydrogen-bond donors (Lipinski definition) is 0. The minimum atomic E-state index is 0.509. The lowest BCUT2D eigenvalue weighted by atomic mass is 10.3. The molecule has 23 heavy (non-hydrogen) atoms. The van der Waals surface area contributed by atoms with E-state index >= 15 is 0 Å². The van der Waals surface area contributed by atoms with Crippen LogP contribution < -0.4 is 4.74 Å². The van der Waals surface area contributed by atoms with Crippen LogP contribution in [0.15, 0.2) is 63.8 Å². The summed E-state index contributed by atoms with van der Waals surface area (Å²) in [6.07, 6.45) is 3.27. The van der Waals surface area contributed by atoms with Crippen LogP contribution in [0.2, 0.25) is 5.02 Å². The highest BCUT2D eigenvalue weighted by Crippen LogP contribution is 2.30. The number of aromatic nitrogens is 3. The second-order valence-electron chi connectivity index (χ2n) is 4.74. The van der Waals surface area contributed by atoms with Crippen molar-refractivity contribution in [3.8, 4) is 23.1 Å². The highest BCUT2D eigenvalue weighted by atomic mass is 79.9. The van der Waals surface area contributed by atoms with Crippen molar-refractivity contribution < 1.29 is 9.15 Å². The monoisotopic (exact) mass is 389 g/mol. The maximum Gasteiger partial charge on any atom is 0.224 e. The number of benzene rings is 1. The summed E-state index contributed by atoms with van der Waals surface area (Å²) in [5, 5.41) is 4.88. The Labute approximate surface area is 144 Å². The predicted molar refractivity (Wildman–Crippen MR) is 89.9 cm³/mol. The molecule has 0 aliphatic rings. The first-order valence-corrected chi connectivity index (χ1v) is 7.89. The average molecular weight is 391 g/mol. The Morgan fingerprint density at radius 1 is 1.17 bits per heavy atom. The molecule has 0 atom stereocenters. The van der Waals surface area contributed by atoms with Gasteiger partial charge >= 0.3 is 0 Å². The Morgan fingerprint density at radius 3 is 2.87 bits per heavy atom. The molecule has 0 saturated heterocycles. The number of halogens is 2. The van der Waals surface area contributed by atoms with Crippen LogP contribution in [-0.4, -0.2) is 14.6 Å². The summed E-state index contributed by atoms with van der Waals surface area (Å²) in [7, 11) is 0. The number of nitrogens with zero attached hydrogens (tertiary/aromatic N) is 3. The lowest BCUT2D eigenvalue weighted by Gasteiger charge is -2.09. The third kappa shape index (κ3) is 2.71. The molecule has 0 N–H and O–H groups in total. The number of furan rings is 1. The van der Waals surface area contributed by atoms with Gasteiger partial charge < -0.3 is 9.15 Å². The molecule has 4 aromatic rings. The molecule has 3 heterocycles. The zero-order valence-corrected chi connectivity index (χ0v) is 14.0. The van der Waals surface area contributed by atoms with Gasteiger partial charge in [-0.2, -0.15) is 9.61 Å². The van der Waals surface area contributed by atoms with Crippen LogP contribution in [-0.2, 0) is 0 Å². The minimum absolute atomic E-state index is 0.509. The van der Waals surface area contributed by atoms with Crippen molar-refractivity contribution in [2.75, 3.05) is 0 Å². The van der Waals surface area contributed by atoms with Gasteiger partial charge in [0.1, 0.15) is 11.4 Å². The Kier molecular flexibility index (Phi) is 3.55. The molecule has 0 fully saturated rings. The maximum atomic E-state index is 6.01. The van der Waals surface area contributed by atoms with Crippen LogP contribution in [0.3, 0.4) is 0 Å². The van der Waals surface area contributed by atoms with E-state index in [0.717, 1.165) is 4.47 Å². The molecule has 1 aromatic carbocycles. The minimum Gasteiger partial charge on any atom is -0.463 e. The first kappa shape index (κ1) is 14.3. The lowest BCUT2D eigenvalue weighted by Crippen LogP contribution is -1.99. The number of fused-ring (bicyclic) bond motifs is 1.